The number of hydrogen-bond acceptors (Lipinski definition) is 1. The van der Waals surface area contributed by atoms with E-state index < -0.39 is 0 Å². The van der Waals surface area contributed by atoms with Gasteiger partial charge in [0.05, 0.1) is 0 Å². The lowest BCUT2D eigenvalue weighted by molar-refractivity contribution is 0.218. The third kappa shape index (κ3) is 3.80. The molecule has 1 nitrogen and oxygen atoms in total. The van der Waals surface area contributed by atoms with E-state index in [1.807, 2.05) is 0 Å². The molecule has 0 aliphatic carbocycles. The quantitative estimate of drug-likeness (QED) is 0.610. The minimum Gasteiger partial charge on any atom is -0.380 e. The number of allylic oxidation sites excluding steroid dienone is 1. The van der Waals surface area contributed by atoms with Gasteiger partial charge in [0, 0.05) is 13.6 Å². The van der Waals surface area contributed by atoms with Gasteiger partial charge in [-0.05, 0) is 31.4 Å². The molecule has 0 bridgehead atoms. The molecule has 0 amide bonds. The minimum absolute atomic E-state index is 0.480. The molecule has 0 heterocycles. The predicted octanol–water partition coefficient (Wildman–Crippen LogP) is 3.28. The van der Waals surface area contributed by atoms with Gasteiger partial charge in [-0.1, -0.05) is 26.8 Å². The van der Waals surface area contributed by atoms with Crippen molar-refractivity contribution < 1.29 is 0 Å². The Morgan fingerprint density at radius 2 is 1.75 bits per heavy atom. The summed E-state index contributed by atoms with van der Waals surface area (Å²) in [6.45, 7) is 10.1. The van der Waals surface area contributed by atoms with Crippen molar-refractivity contribution in [1.82, 2.24) is 4.90 Å². The highest BCUT2D eigenvalue weighted by atomic mass is 15.1. The molecule has 0 rings (SSSR count). The first kappa shape index (κ1) is 11.5. The van der Waals surface area contributed by atoms with Crippen molar-refractivity contribution in [3.63, 3.8) is 0 Å². The fourth-order valence-corrected chi connectivity index (χ4v) is 1.38. The molecule has 0 aliphatic rings. The standard InChI is InChI=1S/C11H23N/c1-6-9-12(5)10-11(4,7-2)8-3/h6,9H,7-8,10H2,1-5H3/b9-6-. The van der Waals surface area contributed by atoms with E-state index in [0.717, 1.165) is 6.54 Å². The van der Waals surface area contributed by atoms with E-state index in [-0.39, 0.29) is 0 Å². The van der Waals surface area contributed by atoms with Gasteiger partial charge in [0.1, 0.15) is 0 Å². The number of nitrogens with zero attached hydrogens (tertiary/aromatic N) is 1. The zero-order valence-electron chi connectivity index (χ0n) is 9.22. The fourth-order valence-electron chi connectivity index (χ4n) is 1.38. The van der Waals surface area contributed by atoms with Crippen molar-refractivity contribution in [2.24, 2.45) is 5.41 Å². The van der Waals surface area contributed by atoms with E-state index >= 15 is 0 Å². The lowest BCUT2D eigenvalue weighted by atomic mass is 9.84. The van der Waals surface area contributed by atoms with Gasteiger partial charge >= 0.3 is 0 Å². The molecule has 0 saturated carbocycles. The molecule has 0 unspecified atom stereocenters. The molecule has 0 aromatic carbocycles. The largest absolute Gasteiger partial charge is 0.380 e. The van der Waals surface area contributed by atoms with Crippen LogP contribution >= 0.6 is 0 Å². The van der Waals surface area contributed by atoms with Gasteiger partial charge in [0.15, 0.2) is 0 Å². The fraction of sp³-hybridized carbons (Fsp3) is 0.818. The Bertz CT molecular complexity index is 134. The molecule has 0 saturated heterocycles. The highest BCUT2D eigenvalue weighted by Crippen LogP contribution is 2.25. The predicted molar refractivity (Wildman–Crippen MR) is 56.1 cm³/mol. The van der Waals surface area contributed by atoms with Crippen LogP contribution in [0.1, 0.15) is 40.5 Å². The van der Waals surface area contributed by atoms with Gasteiger partial charge in [-0.15, -0.1) is 0 Å². The van der Waals surface area contributed by atoms with Crippen LogP contribution in [-0.4, -0.2) is 18.5 Å². The van der Waals surface area contributed by atoms with Gasteiger partial charge in [-0.2, -0.15) is 0 Å². The molecule has 0 N–H and O–H groups in total. The van der Waals surface area contributed by atoms with Crippen LogP contribution in [-0.2, 0) is 0 Å². The first-order valence-corrected chi connectivity index (χ1v) is 4.91. The molecule has 1 heteroatoms. The molecule has 0 spiro atoms. The van der Waals surface area contributed by atoms with Crippen LogP contribution in [0.2, 0.25) is 0 Å². The minimum atomic E-state index is 0.480. The summed E-state index contributed by atoms with van der Waals surface area (Å²) >= 11 is 0. The second-order valence-corrected chi connectivity index (χ2v) is 3.92. The van der Waals surface area contributed by atoms with E-state index in [0.29, 0.717) is 5.41 Å². The zero-order chi connectivity index (χ0) is 9.61. The molecular weight excluding hydrogens is 146 g/mol. The Balaban J connectivity index is 4.01. The molecule has 0 fully saturated rings. The summed E-state index contributed by atoms with van der Waals surface area (Å²) in [7, 11) is 2.14. The SMILES string of the molecule is C/C=C\N(C)CC(C)(CC)CC. The smallest absolute Gasteiger partial charge is 0.0222 e. The molecular formula is C11H23N. The maximum Gasteiger partial charge on any atom is 0.0222 e. The normalized spacial score (nSPS) is 12.4. The van der Waals surface area contributed by atoms with Gasteiger partial charge < -0.3 is 4.90 Å². The maximum atomic E-state index is 2.35. The van der Waals surface area contributed by atoms with Crippen molar-refractivity contribution in [3.05, 3.63) is 12.3 Å². The summed E-state index contributed by atoms with van der Waals surface area (Å²) in [5.74, 6) is 0. The number of hydrogen-bond donors (Lipinski definition) is 0. The molecule has 12 heavy (non-hydrogen) atoms. The van der Waals surface area contributed by atoms with Gasteiger partial charge in [-0.25, -0.2) is 0 Å². The molecule has 0 aromatic heterocycles. The van der Waals surface area contributed by atoms with Crippen LogP contribution in [0.4, 0.5) is 0 Å². The van der Waals surface area contributed by atoms with E-state index in [1.165, 1.54) is 12.8 Å². The van der Waals surface area contributed by atoms with Crippen LogP contribution in [0.15, 0.2) is 12.3 Å². The van der Waals surface area contributed by atoms with Crippen LogP contribution < -0.4 is 0 Å². The third-order valence-electron chi connectivity index (χ3n) is 2.74. The Kier molecular flexibility index (Phi) is 5.03. The van der Waals surface area contributed by atoms with Crippen LogP contribution in [0, 0.1) is 5.41 Å². The van der Waals surface area contributed by atoms with E-state index in [1.54, 1.807) is 0 Å². The van der Waals surface area contributed by atoms with Gasteiger partial charge in [0.2, 0.25) is 0 Å². The lowest BCUT2D eigenvalue weighted by Gasteiger charge is -2.31. The molecule has 72 valence electrons. The van der Waals surface area contributed by atoms with Crippen LogP contribution in [0.5, 0.6) is 0 Å². The highest BCUT2D eigenvalue weighted by molar-refractivity contribution is 4.82. The summed E-state index contributed by atoms with van der Waals surface area (Å²) in [6.07, 6.45) is 6.74. The van der Waals surface area contributed by atoms with Gasteiger partial charge in [0.25, 0.3) is 0 Å². The van der Waals surface area contributed by atoms with Crippen molar-refractivity contribution in [2.45, 2.75) is 40.5 Å². The maximum absolute atomic E-state index is 2.35. The molecule has 0 radical (unpaired) electrons. The number of rotatable bonds is 5. The Labute approximate surface area is 77.5 Å². The second kappa shape index (κ2) is 5.23. The van der Waals surface area contributed by atoms with Crippen molar-refractivity contribution in [3.8, 4) is 0 Å². The van der Waals surface area contributed by atoms with E-state index in [4.69, 9.17) is 0 Å². The summed E-state index contributed by atoms with van der Waals surface area (Å²) in [5, 5.41) is 0. The first-order chi connectivity index (χ1) is 5.58. The Morgan fingerprint density at radius 3 is 2.08 bits per heavy atom. The average molecular weight is 169 g/mol. The summed E-state index contributed by atoms with van der Waals surface area (Å²) in [6, 6.07) is 0. The monoisotopic (exact) mass is 169 g/mol. The van der Waals surface area contributed by atoms with Crippen molar-refractivity contribution >= 4 is 0 Å². The highest BCUT2D eigenvalue weighted by Gasteiger charge is 2.20. The summed E-state index contributed by atoms with van der Waals surface area (Å²) in [4.78, 5) is 2.27. The Hall–Kier alpha value is -0.460. The van der Waals surface area contributed by atoms with Crippen LogP contribution in [0.3, 0.4) is 0 Å². The second-order valence-electron chi connectivity index (χ2n) is 3.92. The Morgan fingerprint density at radius 1 is 1.25 bits per heavy atom. The lowest BCUT2D eigenvalue weighted by Crippen LogP contribution is -2.29. The topological polar surface area (TPSA) is 3.24 Å². The summed E-state index contributed by atoms with van der Waals surface area (Å²) < 4.78 is 0. The first-order valence-electron chi connectivity index (χ1n) is 4.91. The zero-order valence-corrected chi connectivity index (χ0v) is 9.22. The third-order valence-corrected chi connectivity index (χ3v) is 2.74. The van der Waals surface area contributed by atoms with E-state index in [9.17, 15) is 0 Å². The van der Waals surface area contributed by atoms with Crippen molar-refractivity contribution in [2.75, 3.05) is 13.6 Å². The van der Waals surface area contributed by atoms with Crippen LogP contribution in [0.25, 0.3) is 0 Å². The molecule has 0 atom stereocenters. The summed E-state index contributed by atoms with van der Waals surface area (Å²) in [5.41, 5.74) is 0.480. The molecule has 0 aromatic rings. The molecule has 0 aliphatic heterocycles. The van der Waals surface area contributed by atoms with Gasteiger partial charge in [-0.3, -0.25) is 0 Å². The average Bonchev–Trinajstić information content (AvgIpc) is 2.05. The van der Waals surface area contributed by atoms with Crippen molar-refractivity contribution in [1.29, 1.82) is 0 Å². The van der Waals surface area contributed by atoms with E-state index in [2.05, 4.69) is 51.9 Å².